The van der Waals surface area contributed by atoms with E-state index in [1.807, 2.05) is 0 Å². The Balaban J connectivity index is 2.04. The number of aromatic nitrogens is 2. The van der Waals surface area contributed by atoms with E-state index in [9.17, 15) is 0 Å². The summed E-state index contributed by atoms with van der Waals surface area (Å²) in [7, 11) is 2.17. The molecule has 0 saturated heterocycles. The van der Waals surface area contributed by atoms with E-state index in [4.69, 9.17) is 0 Å². The summed E-state index contributed by atoms with van der Waals surface area (Å²) in [5, 5.41) is 1.26. The fourth-order valence-electron chi connectivity index (χ4n) is 4.41. The Labute approximate surface area is 174 Å². The third-order valence-corrected chi connectivity index (χ3v) is 5.99. The highest BCUT2D eigenvalue weighted by molar-refractivity contribution is 5.78. The standard InChI is InChI=1S/C27H31N2/c1-18(2)22-11-9-12-23(19(3)4)27(22)29-17-16-20(5)26(29)25-15-14-21-10-7-8-13-24(21)28(25)6/h7-19H,1-6H3/q+1. The van der Waals surface area contributed by atoms with Gasteiger partial charge in [-0.3, -0.25) is 0 Å². The van der Waals surface area contributed by atoms with Gasteiger partial charge in [0.15, 0.2) is 0 Å². The number of fused-ring (bicyclic) bond motifs is 1. The Bertz CT molecular complexity index is 1150. The molecule has 0 unspecified atom stereocenters. The van der Waals surface area contributed by atoms with Crippen LogP contribution in [0.2, 0.25) is 0 Å². The Morgan fingerprint density at radius 1 is 0.759 bits per heavy atom. The van der Waals surface area contributed by atoms with Gasteiger partial charge in [0.05, 0.1) is 5.69 Å². The van der Waals surface area contributed by atoms with Crippen LogP contribution in [0.4, 0.5) is 0 Å². The molecule has 4 aromatic rings. The van der Waals surface area contributed by atoms with E-state index in [0.717, 1.165) is 0 Å². The van der Waals surface area contributed by atoms with Crippen molar-refractivity contribution in [2.75, 3.05) is 0 Å². The zero-order valence-electron chi connectivity index (χ0n) is 18.4. The smallest absolute Gasteiger partial charge is 0.230 e. The van der Waals surface area contributed by atoms with Crippen molar-refractivity contribution in [1.82, 2.24) is 4.57 Å². The van der Waals surface area contributed by atoms with Gasteiger partial charge >= 0.3 is 0 Å². The second-order valence-electron chi connectivity index (χ2n) is 8.65. The first-order valence-electron chi connectivity index (χ1n) is 10.6. The molecule has 0 aliphatic carbocycles. The number of benzene rings is 2. The molecule has 0 radical (unpaired) electrons. The third-order valence-electron chi connectivity index (χ3n) is 5.99. The Hall–Kier alpha value is -2.87. The Kier molecular flexibility index (Phi) is 5.04. The van der Waals surface area contributed by atoms with E-state index in [0.29, 0.717) is 11.8 Å². The third kappa shape index (κ3) is 3.27. The largest absolute Gasteiger partial charge is 0.311 e. The molecule has 0 aliphatic heterocycles. The van der Waals surface area contributed by atoms with Crippen LogP contribution in [-0.4, -0.2) is 4.57 Å². The molecule has 0 aliphatic rings. The highest BCUT2D eigenvalue weighted by Crippen LogP contribution is 2.35. The maximum Gasteiger partial charge on any atom is 0.230 e. The molecular formula is C27H31N2+. The first kappa shape index (κ1) is 19.4. The van der Waals surface area contributed by atoms with Crippen molar-refractivity contribution < 1.29 is 4.57 Å². The van der Waals surface area contributed by atoms with Gasteiger partial charge in [-0.1, -0.05) is 58.0 Å². The summed E-state index contributed by atoms with van der Waals surface area (Å²) in [6.07, 6.45) is 2.24. The lowest BCUT2D eigenvalue weighted by atomic mass is 9.92. The van der Waals surface area contributed by atoms with Gasteiger partial charge in [-0.25, -0.2) is 0 Å². The molecule has 4 rings (SSSR count). The molecule has 0 fully saturated rings. The molecule has 2 aromatic heterocycles. The number of rotatable bonds is 4. The molecule has 148 valence electrons. The van der Waals surface area contributed by atoms with Crippen LogP contribution in [0.1, 0.15) is 56.2 Å². The molecule has 0 saturated carbocycles. The molecule has 29 heavy (non-hydrogen) atoms. The van der Waals surface area contributed by atoms with Crippen LogP contribution < -0.4 is 4.57 Å². The highest BCUT2D eigenvalue weighted by atomic mass is 15.0. The van der Waals surface area contributed by atoms with Gasteiger partial charge in [-0.2, -0.15) is 4.57 Å². The molecule has 2 heteroatoms. The van der Waals surface area contributed by atoms with Crippen molar-refractivity contribution in [3.05, 3.63) is 83.6 Å². The van der Waals surface area contributed by atoms with Gasteiger partial charge in [-0.15, -0.1) is 0 Å². The van der Waals surface area contributed by atoms with E-state index in [1.165, 1.54) is 44.7 Å². The summed E-state index contributed by atoms with van der Waals surface area (Å²) in [4.78, 5) is 0. The number of para-hydroxylation sites is 2. The molecule has 0 bridgehead atoms. The van der Waals surface area contributed by atoms with E-state index in [-0.39, 0.29) is 0 Å². The van der Waals surface area contributed by atoms with E-state index < -0.39 is 0 Å². The molecule has 0 N–H and O–H groups in total. The van der Waals surface area contributed by atoms with Crippen molar-refractivity contribution in [2.45, 2.75) is 46.5 Å². The predicted molar refractivity (Wildman–Crippen MR) is 123 cm³/mol. The molecule has 2 heterocycles. The number of hydrogen-bond donors (Lipinski definition) is 0. The maximum atomic E-state index is 2.42. The topological polar surface area (TPSA) is 8.81 Å². The lowest BCUT2D eigenvalue weighted by molar-refractivity contribution is -0.633. The number of pyridine rings is 1. The first-order valence-corrected chi connectivity index (χ1v) is 10.6. The van der Waals surface area contributed by atoms with Crippen molar-refractivity contribution in [3.63, 3.8) is 0 Å². The predicted octanol–water partition coefficient (Wildman–Crippen LogP) is 6.68. The zero-order chi connectivity index (χ0) is 20.7. The fourth-order valence-corrected chi connectivity index (χ4v) is 4.41. The normalized spacial score (nSPS) is 11.7. The van der Waals surface area contributed by atoms with Gasteiger partial charge in [0, 0.05) is 23.7 Å². The monoisotopic (exact) mass is 383 g/mol. The van der Waals surface area contributed by atoms with Gasteiger partial charge in [-0.05, 0) is 53.6 Å². The number of nitrogens with zero attached hydrogens (tertiary/aromatic N) is 2. The summed E-state index contributed by atoms with van der Waals surface area (Å²) < 4.78 is 4.74. The molecule has 0 spiro atoms. The first-order chi connectivity index (χ1) is 13.9. The average molecular weight is 384 g/mol. The van der Waals surface area contributed by atoms with Gasteiger partial charge in [0.1, 0.15) is 12.7 Å². The van der Waals surface area contributed by atoms with Crippen LogP contribution in [-0.2, 0) is 7.05 Å². The minimum absolute atomic E-state index is 0.463. The summed E-state index contributed by atoms with van der Waals surface area (Å²) in [5.41, 5.74) is 9.19. The second kappa shape index (κ2) is 7.51. The van der Waals surface area contributed by atoms with E-state index in [2.05, 4.69) is 118 Å². The van der Waals surface area contributed by atoms with Crippen LogP contribution >= 0.6 is 0 Å². The quantitative estimate of drug-likeness (QED) is 0.348. The van der Waals surface area contributed by atoms with Crippen molar-refractivity contribution in [3.8, 4) is 17.1 Å². The van der Waals surface area contributed by atoms with E-state index >= 15 is 0 Å². The van der Waals surface area contributed by atoms with Crippen molar-refractivity contribution >= 4 is 10.9 Å². The Morgan fingerprint density at radius 3 is 2.07 bits per heavy atom. The lowest BCUT2D eigenvalue weighted by Crippen LogP contribution is -2.32. The summed E-state index contributed by atoms with van der Waals surface area (Å²) in [5.74, 6) is 0.925. The average Bonchev–Trinajstić information content (AvgIpc) is 3.08. The fraction of sp³-hybridized carbons (Fsp3) is 0.296. The maximum absolute atomic E-state index is 2.42. The molecular weight excluding hydrogens is 352 g/mol. The highest BCUT2D eigenvalue weighted by Gasteiger charge is 2.23. The van der Waals surface area contributed by atoms with Crippen LogP contribution in [0.25, 0.3) is 28.0 Å². The minimum atomic E-state index is 0.463. The minimum Gasteiger partial charge on any atom is -0.311 e. The second-order valence-corrected chi connectivity index (χ2v) is 8.65. The van der Waals surface area contributed by atoms with Gasteiger partial charge in [0.25, 0.3) is 0 Å². The van der Waals surface area contributed by atoms with Crippen molar-refractivity contribution in [2.24, 2.45) is 7.05 Å². The number of aryl methyl sites for hydroxylation is 2. The van der Waals surface area contributed by atoms with Crippen LogP contribution in [0, 0.1) is 6.92 Å². The van der Waals surface area contributed by atoms with Crippen LogP contribution in [0.15, 0.2) is 66.9 Å². The SMILES string of the molecule is Cc1ccn(-c2c(C(C)C)cccc2C(C)C)c1-c1ccc2ccccc2[n+]1C. The Morgan fingerprint density at radius 2 is 1.41 bits per heavy atom. The van der Waals surface area contributed by atoms with Gasteiger partial charge < -0.3 is 4.57 Å². The number of hydrogen-bond acceptors (Lipinski definition) is 0. The molecule has 2 aromatic carbocycles. The zero-order valence-corrected chi connectivity index (χ0v) is 18.4. The molecule has 2 nitrogen and oxygen atoms in total. The van der Waals surface area contributed by atoms with Crippen molar-refractivity contribution in [1.29, 1.82) is 0 Å². The van der Waals surface area contributed by atoms with E-state index in [1.54, 1.807) is 0 Å². The summed E-state index contributed by atoms with van der Waals surface area (Å²) >= 11 is 0. The van der Waals surface area contributed by atoms with Crippen LogP contribution in [0.3, 0.4) is 0 Å². The molecule has 0 amide bonds. The lowest BCUT2D eigenvalue weighted by Gasteiger charge is -2.22. The summed E-state index contributed by atoms with van der Waals surface area (Å²) in [6.45, 7) is 11.4. The molecule has 0 atom stereocenters. The van der Waals surface area contributed by atoms with Crippen LogP contribution in [0.5, 0.6) is 0 Å². The van der Waals surface area contributed by atoms with Gasteiger partial charge in [0.2, 0.25) is 11.2 Å². The summed E-state index contributed by atoms with van der Waals surface area (Å²) in [6, 6.07) is 22.1.